The predicted octanol–water partition coefficient (Wildman–Crippen LogP) is 5.02. The van der Waals surface area contributed by atoms with Gasteiger partial charge in [0.2, 0.25) is 0 Å². The molecule has 0 bridgehead atoms. The number of hydrogen-bond acceptors (Lipinski definition) is 5. The zero-order chi connectivity index (χ0) is 18.7. The fourth-order valence-corrected chi connectivity index (χ4v) is 4.33. The third-order valence-electron chi connectivity index (χ3n) is 4.02. The van der Waals surface area contributed by atoms with Crippen LogP contribution in [0.5, 0.6) is 0 Å². The van der Waals surface area contributed by atoms with Crippen LogP contribution >= 0.6 is 34.7 Å². The van der Waals surface area contributed by atoms with Crippen LogP contribution in [-0.4, -0.2) is 32.9 Å². The van der Waals surface area contributed by atoms with Gasteiger partial charge < -0.3 is 10.3 Å². The SMILES string of the molecule is CSCCC(NC(=O)c1nc(Cl)sc1C(C)C)c1nc2ccccc2[nH]1. The van der Waals surface area contributed by atoms with E-state index in [0.29, 0.717) is 10.2 Å². The molecule has 0 aliphatic rings. The molecule has 138 valence electrons. The van der Waals surface area contributed by atoms with Gasteiger partial charge in [0, 0.05) is 4.88 Å². The molecule has 0 radical (unpaired) electrons. The number of nitrogens with zero attached hydrogens (tertiary/aromatic N) is 2. The first-order chi connectivity index (χ1) is 12.5. The third-order valence-corrected chi connectivity index (χ3v) is 6.12. The standard InChI is InChI=1S/C18H21ClN4OS2/c1-10(2)15-14(23-18(19)26-15)17(24)22-13(8-9-25-3)16-20-11-6-4-5-7-12(11)21-16/h4-7,10,13H,8-9H2,1-3H3,(H,20,21)(H,22,24). The average molecular weight is 409 g/mol. The number of nitrogens with one attached hydrogen (secondary N) is 2. The molecule has 0 spiro atoms. The summed E-state index contributed by atoms with van der Waals surface area (Å²) < 4.78 is 0.392. The van der Waals surface area contributed by atoms with Crippen LogP contribution in [0.2, 0.25) is 4.47 Å². The van der Waals surface area contributed by atoms with Gasteiger partial charge in [-0.3, -0.25) is 4.79 Å². The highest BCUT2D eigenvalue weighted by molar-refractivity contribution is 7.98. The molecule has 2 aromatic heterocycles. The van der Waals surface area contributed by atoms with Crippen LogP contribution in [0.3, 0.4) is 0 Å². The van der Waals surface area contributed by atoms with E-state index >= 15 is 0 Å². The van der Waals surface area contributed by atoms with Crippen molar-refractivity contribution >= 4 is 51.6 Å². The Hall–Kier alpha value is -1.57. The second-order valence-electron chi connectivity index (χ2n) is 6.28. The maximum absolute atomic E-state index is 12.9. The van der Waals surface area contributed by atoms with E-state index in [9.17, 15) is 4.79 Å². The molecule has 2 N–H and O–H groups in total. The number of hydrogen-bond donors (Lipinski definition) is 2. The zero-order valence-electron chi connectivity index (χ0n) is 14.9. The molecule has 2 heterocycles. The lowest BCUT2D eigenvalue weighted by Crippen LogP contribution is -2.30. The fraction of sp³-hybridized carbons (Fsp3) is 0.389. The minimum Gasteiger partial charge on any atom is -0.341 e. The second kappa shape index (κ2) is 8.41. The van der Waals surface area contributed by atoms with Gasteiger partial charge in [0.25, 0.3) is 5.91 Å². The molecule has 0 saturated heterocycles. The molecule has 1 unspecified atom stereocenters. The number of thiazole rings is 1. The topological polar surface area (TPSA) is 70.7 Å². The largest absolute Gasteiger partial charge is 0.341 e. The van der Waals surface area contributed by atoms with Gasteiger partial charge in [0.05, 0.1) is 17.1 Å². The Morgan fingerprint density at radius 1 is 1.35 bits per heavy atom. The van der Waals surface area contributed by atoms with Crippen molar-refractivity contribution in [1.82, 2.24) is 20.3 Å². The van der Waals surface area contributed by atoms with Crippen LogP contribution in [0.25, 0.3) is 11.0 Å². The maximum Gasteiger partial charge on any atom is 0.271 e. The highest BCUT2D eigenvalue weighted by Gasteiger charge is 2.24. The van der Waals surface area contributed by atoms with E-state index in [1.54, 1.807) is 11.8 Å². The zero-order valence-corrected chi connectivity index (χ0v) is 17.3. The number of benzene rings is 1. The van der Waals surface area contributed by atoms with Crippen molar-refractivity contribution in [3.8, 4) is 0 Å². The number of imidazole rings is 1. The Morgan fingerprint density at radius 2 is 2.12 bits per heavy atom. The van der Waals surface area contributed by atoms with Gasteiger partial charge in [-0.05, 0) is 36.5 Å². The molecule has 1 aromatic carbocycles. The monoisotopic (exact) mass is 408 g/mol. The Bertz CT molecular complexity index is 873. The normalized spacial score (nSPS) is 12.7. The van der Waals surface area contributed by atoms with Gasteiger partial charge in [-0.25, -0.2) is 9.97 Å². The highest BCUT2D eigenvalue weighted by atomic mass is 35.5. The first-order valence-electron chi connectivity index (χ1n) is 8.40. The number of halogens is 1. The van der Waals surface area contributed by atoms with E-state index in [2.05, 4.69) is 26.5 Å². The van der Waals surface area contributed by atoms with E-state index in [4.69, 9.17) is 11.6 Å². The van der Waals surface area contributed by atoms with Crippen molar-refractivity contribution in [2.45, 2.75) is 32.2 Å². The van der Waals surface area contributed by atoms with Crippen LogP contribution in [0.1, 0.15) is 53.4 Å². The Balaban J connectivity index is 1.87. The molecule has 3 rings (SSSR count). The Morgan fingerprint density at radius 3 is 2.81 bits per heavy atom. The minimum atomic E-state index is -0.206. The van der Waals surface area contributed by atoms with Gasteiger partial charge in [0.1, 0.15) is 11.5 Å². The molecule has 0 saturated carbocycles. The molecule has 5 nitrogen and oxygen atoms in total. The summed E-state index contributed by atoms with van der Waals surface area (Å²) in [4.78, 5) is 26.0. The minimum absolute atomic E-state index is 0.191. The van der Waals surface area contributed by atoms with Gasteiger partial charge in [-0.15, -0.1) is 11.3 Å². The van der Waals surface area contributed by atoms with Crippen LogP contribution in [0.4, 0.5) is 0 Å². The van der Waals surface area contributed by atoms with Crippen molar-refractivity contribution < 1.29 is 4.79 Å². The maximum atomic E-state index is 12.9. The molecular formula is C18H21ClN4OS2. The molecule has 8 heteroatoms. The van der Waals surface area contributed by atoms with Gasteiger partial charge >= 0.3 is 0 Å². The van der Waals surface area contributed by atoms with Crippen molar-refractivity contribution in [2.75, 3.05) is 12.0 Å². The Kier molecular flexibility index (Phi) is 6.21. The first-order valence-corrected chi connectivity index (χ1v) is 11.0. The van der Waals surface area contributed by atoms with Gasteiger partial charge in [-0.2, -0.15) is 11.8 Å². The summed E-state index contributed by atoms with van der Waals surface area (Å²) in [6.45, 7) is 4.07. The Labute approximate surface area is 166 Å². The van der Waals surface area contributed by atoms with Crippen molar-refractivity contribution in [3.63, 3.8) is 0 Å². The van der Waals surface area contributed by atoms with E-state index in [0.717, 1.165) is 33.9 Å². The summed E-state index contributed by atoms with van der Waals surface area (Å²) >= 11 is 9.15. The fourth-order valence-electron chi connectivity index (χ4n) is 2.74. The summed E-state index contributed by atoms with van der Waals surface area (Å²) in [5.41, 5.74) is 2.27. The summed E-state index contributed by atoms with van der Waals surface area (Å²) in [6, 6.07) is 7.65. The quantitative estimate of drug-likeness (QED) is 0.575. The molecule has 26 heavy (non-hydrogen) atoms. The second-order valence-corrected chi connectivity index (χ2v) is 8.88. The number of H-pyrrole nitrogens is 1. The number of amides is 1. The lowest BCUT2D eigenvalue weighted by molar-refractivity contribution is 0.0928. The van der Waals surface area contributed by atoms with Gasteiger partial charge in [0.15, 0.2) is 4.47 Å². The number of aromatic nitrogens is 3. The molecule has 1 amide bonds. The summed E-state index contributed by atoms with van der Waals surface area (Å²) in [7, 11) is 0. The van der Waals surface area contributed by atoms with Crippen LogP contribution in [0, 0.1) is 0 Å². The van der Waals surface area contributed by atoms with E-state index in [1.165, 1.54) is 11.3 Å². The summed E-state index contributed by atoms with van der Waals surface area (Å²) in [5.74, 6) is 1.66. The molecule has 1 atom stereocenters. The number of fused-ring (bicyclic) bond motifs is 1. The number of carbonyl (C=O) groups excluding carboxylic acids is 1. The van der Waals surface area contributed by atoms with Crippen LogP contribution < -0.4 is 5.32 Å². The molecule has 0 aliphatic carbocycles. The summed E-state index contributed by atoms with van der Waals surface area (Å²) in [5, 5.41) is 3.09. The lowest BCUT2D eigenvalue weighted by Gasteiger charge is -2.16. The van der Waals surface area contributed by atoms with E-state index < -0.39 is 0 Å². The molecule has 0 fully saturated rings. The van der Waals surface area contributed by atoms with Crippen molar-refractivity contribution in [2.24, 2.45) is 0 Å². The predicted molar refractivity (Wildman–Crippen MR) is 111 cm³/mol. The first kappa shape index (κ1) is 19.2. The molecule has 0 aliphatic heterocycles. The number of para-hydroxylation sites is 2. The molecule has 3 aromatic rings. The van der Waals surface area contributed by atoms with Gasteiger partial charge in [-0.1, -0.05) is 37.6 Å². The number of thioether (sulfide) groups is 1. The summed E-state index contributed by atoms with van der Waals surface area (Å²) in [6.07, 6.45) is 2.83. The van der Waals surface area contributed by atoms with E-state index in [-0.39, 0.29) is 17.9 Å². The number of rotatable bonds is 7. The van der Waals surface area contributed by atoms with Crippen LogP contribution in [0.15, 0.2) is 24.3 Å². The number of aromatic amines is 1. The third kappa shape index (κ3) is 4.22. The van der Waals surface area contributed by atoms with E-state index in [1.807, 2.05) is 38.1 Å². The smallest absolute Gasteiger partial charge is 0.271 e. The highest BCUT2D eigenvalue weighted by Crippen LogP contribution is 2.30. The lowest BCUT2D eigenvalue weighted by atomic mass is 10.1. The molecular weight excluding hydrogens is 388 g/mol. The number of carbonyl (C=O) groups is 1. The van der Waals surface area contributed by atoms with Crippen LogP contribution in [-0.2, 0) is 0 Å². The average Bonchev–Trinajstić information content (AvgIpc) is 3.21. The van der Waals surface area contributed by atoms with Crippen molar-refractivity contribution in [1.29, 1.82) is 0 Å². The van der Waals surface area contributed by atoms with Crippen molar-refractivity contribution in [3.05, 3.63) is 45.1 Å².